The van der Waals surface area contributed by atoms with Crippen molar-refractivity contribution >= 4 is 21.8 Å². The molecule has 1 N–H and O–H groups in total. The number of halogens is 1. The average Bonchev–Trinajstić information content (AvgIpc) is 3.18. The van der Waals surface area contributed by atoms with Crippen molar-refractivity contribution in [3.63, 3.8) is 0 Å². The van der Waals surface area contributed by atoms with E-state index in [1.54, 1.807) is 6.20 Å². The zero-order chi connectivity index (χ0) is 15.5. The summed E-state index contributed by atoms with van der Waals surface area (Å²) in [6, 6.07) is 8.42. The predicted molar refractivity (Wildman–Crippen MR) is 89.5 cm³/mol. The lowest BCUT2D eigenvalue weighted by molar-refractivity contribution is -0.132. The number of hydrogen-bond donors (Lipinski definition) is 1. The van der Waals surface area contributed by atoms with E-state index in [0.29, 0.717) is 6.42 Å². The summed E-state index contributed by atoms with van der Waals surface area (Å²) in [5.74, 6) is 0.234. The van der Waals surface area contributed by atoms with Crippen molar-refractivity contribution in [2.45, 2.75) is 38.6 Å². The maximum absolute atomic E-state index is 12.6. The van der Waals surface area contributed by atoms with E-state index in [9.17, 15) is 4.79 Å². The largest absolute Gasteiger partial charge is 0.334 e. The lowest BCUT2D eigenvalue weighted by Gasteiger charge is -2.23. The highest BCUT2D eigenvalue weighted by Gasteiger charge is 2.30. The summed E-state index contributed by atoms with van der Waals surface area (Å²) in [7, 11) is 0. The molecular formula is C17H20BrN3O. The van der Waals surface area contributed by atoms with Crippen molar-refractivity contribution in [1.29, 1.82) is 0 Å². The number of rotatable bonds is 4. The molecule has 2 aromatic rings. The van der Waals surface area contributed by atoms with Gasteiger partial charge in [-0.05, 0) is 49.4 Å². The standard InChI is InChI=1S/C17H20BrN3O/c1-12-11-13(4-6-14(12)18)5-7-17(22)21-10-2-3-16(21)15-8-9-19-20-15/h4,6,8-9,11,16H,2-3,5,7,10H2,1H3,(H,19,20)/t16-/m0/s1. The summed E-state index contributed by atoms with van der Waals surface area (Å²) < 4.78 is 1.11. The second-order valence-corrected chi connectivity index (χ2v) is 6.70. The SMILES string of the molecule is Cc1cc(CCC(=O)N2CCC[C@H]2c2ccn[nH]2)ccc1Br. The molecule has 1 aliphatic rings. The van der Waals surface area contributed by atoms with E-state index in [4.69, 9.17) is 0 Å². The number of carbonyl (C=O) groups excluding carboxylic acids is 1. The molecule has 22 heavy (non-hydrogen) atoms. The van der Waals surface area contributed by atoms with Gasteiger partial charge in [0.05, 0.1) is 11.7 Å². The fraction of sp³-hybridized carbons (Fsp3) is 0.412. The van der Waals surface area contributed by atoms with E-state index < -0.39 is 0 Å². The number of likely N-dealkylation sites (tertiary alicyclic amines) is 1. The van der Waals surface area contributed by atoms with E-state index in [-0.39, 0.29) is 11.9 Å². The molecule has 0 aliphatic carbocycles. The molecule has 1 aromatic heterocycles. The number of H-pyrrole nitrogens is 1. The van der Waals surface area contributed by atoms with Gasteiger partial charge < -0.3 is 4.90 Å². The number of carbonyl (C=O) groups is 1. The van der Waals surface area contributed by atoms with E-state index in [1.807, 2.05) is 11.0 Å². The third kappa shape index (κ3) is 3.24. The molecule has 0 saturated carbocycles. The van der Waals surface area contributed by atoms with Gasteiger partial charge in [-0.1, -0.05) is 28.1 Å². The number of aryl methyl sites for hydroxylation is 2. The average molecular weight is 362 g/mol. The smallest absolute Gasteiger partial charge is 0.223 e. The van der Waals surface area contributed by atoms with Crippen LogP contribution in [0.3, 0.4) is 0 Å². The van der Waals surface area contributed by atoms with Crippen molar-refractivity contribution < 1.29 is 4.79 Å². The molecule has 5 heteroatoms. The van der Waals surface area contributed by atoms with Crippen LogP contribution in [-0.4, -0.2) is 27.5 Å². The molecule has 1 aliphatic heterocycles. The lowest BCUT2D eigenvalue weighted by Crippen LogP contribution is -2.30. The monoisotopic (exact) mass is 361 g/mol. The number of benzene rings is 1. The molecule has 4 nitrogen and oxygen atoms in total. The molecule has 1 amide bonds. The van der Waals surface area contributed by atoms with Gasteiger partial charge in [0.15, 0.2) is 0 Å². The van der Waals surface area contributed by atoms with Crippen molar-refractivity contribution in [2.24, 2.45) is 0 Å². The normalized spacial score (nSPS) is 17.9. The zero-order valence-electron chi connectivity index (χ0n) is 12.7. The fourth-order valence-electron chi connectivity index (χ4n) is 3.10. The Labute approximate surface area is 139 Å². The third-order valence-corrected chi connectivity index (χ3v) is 5.19. The van der Waals surface area contributed by atoms with Crippen LogP contribution in [0.4, 0.5) is 0 Å². The number of hydrogen-bond acceptors (Lipinski definition) is 2. The third-order valence-electron chi connectivity index (χ3n) is 4.30. The quantitative estimate of drug-likeness (QED) is 0.900. The van der Waals surface area contributed by atoms with E-state index >= 15 is 0 Å². The van der Waals surface area contributed by atoms with Gasteiger partial charge in [0.1, 0.15) is 0 Å². The molecule has 0 unspecified atom stereocenters. The first kappa shape index (κ1) is 15.3. The summed E-state index contributed by atoms with van der Waals surface area (Å²) in [5.41, 5.74) is 3.47. The second-order valence-electron chi connectivity index (χ2n) is 5.84. The van der Waals surface area contributed by atoms with Crippen LogP contribution < -0.4 is 0 Å². The van der Waals surface area contributed by atoms with E-state index in [0.717, 1.165) is 36.0 Å². The highest BCUT2D eigenvalue weighted by atomic mass is 79.9. The number of aromatic amines is 1. The Morgan fingerprint density at radius 1 is 1.45 bits per heavy atom. The summed E-state index contributed by atoms with van der Waals surface area (Å²) in [6.07, 6.45) is 5.18. The van der Waals surface area contributed by atoms with Crippen LogP contribution in [0.5, 0.6) is 0 Å². The first-order chi connectivity index (χ1) is 10.6. The molecule has 2 heterocycles. The van der Waals surface area contributed by atoms with Crippen LogP contribution >= 0.6 is 15.9 Å². The molecule has 0 radical (unpaired) electrons. The Bertz CT molecular complexity index is 654. The predicted octanol–water partition coefficient (Wildman–Crippen LogP) is 3.78. The lowest BCUT2D eigenvalue weighted by atomic mass is 10.1. The Morgan fingerprint density at radius 3 is 3.05 bits per heavy atom. The maximum Gasteiger partial charge on any atom is 0.223 e. The van der Waals surface area contributed by atoms with Crippen molar-refractivity contribution in [3.8, 4) is 0 Å². The van der Waals surface area contributed by atoms with Crippen LogP contribution in [0.25, 0.3) is 0 Å². The summed E-state index contributed by atoms with van der Waals surface area (Å²) in [6.45, 7) is 2.92. The molecule has 3 rings (SSSR count). The van der Waals surface area contributed by atoms with Gasteiger partial charge in [0, 0.05) is 23.6 Å². The van der Waals surface area contributed by atoms with Crippen LogP contribution in [-0.2, 0) is 11.2 Å². The van der Waals surface area contributed by atoms with Gasteiger partial charge in [-0.25, -0.2) is 0 Å². The van der Waals surface area contributed by atoms with Crippen LogP contribution in [0, 0.1) is 6.92 Å². The molecule has 1 saturated heterocycles. The Balaban J connectivity index is 1.62. The number of aromatic nitrogens is 2. The fourth-order valence-corrected chi connectivity index (χ4v) is 3.34. The Morgan fingerprint density at radius 2 is 2.32 bits per heavy atom. The molecule has 1 fully saturated rings. The van der Waals surface area contributed by atoms with Gasteiger partial charge in [0.25, 0.3) is 0 Å². The van der Waals surface area contributed by atoms with Gasteiger partial charge in [0.2, 0.25) is 5.91 Å². The molecule has 1 atom stereocenters. The number of nitrogens with one attached hydrogen (secondary N) is 1. The highest BCUT2D eigenvalue weighted by molar-refractivity contribution is 9.10. The first-order valence-electron chi connectivity index (χ1n) is 7.69. The second kappa shape index (κ2) is 6.65. The molecule has 1 aromatic carbocycles. The molecule has 0 spiro atoms. The Hall–Kier alpha value is -1.62. The minimum absolute atomic E-state index is 0.168. The van der Waals surface area contributed by atoms with E-state index in [2.05, 4.69) is 51.3 Å². The van der Waals surface area contributed by atoms with E-state index in [1.165, 1.54) is 11.1 Å². The van der Waals surface area contributed by atoms with Gasteiger partial charge in [-0.15, -0.1) is 0 Å². The summed E-state index contributed by atoms with van der Waals surface area (Å²) in [4.78, 5) is 14.6. The van der Waals surface area contributed by atoms with Gasteiger partial charge >= 0.3 is 0 Å². The topological polar surface area (TPSA) is 49.0 Å². The molecule has 116 valence electrons. The molecular weight excluding hydrogens is 342 g/mol. The first-order valence-corrected chi connectivity index (χ1v) is 8.48. The van der Waals surface area contributed by atoms with Crippen LogP contribution in [0.15, 0.2) is 34.9 Å². The summed E-state index contributed by atoms with van der Waals surface area (Å²) in [5, 5.41) is 7.01. The summed E-state index contributed by atoms with van der Waals surface area (Å²) >= 11 is 3.51. The number of amides is 1. The van der Waals surface area contributed by atoms with Gasteiger partial charge in [-0.3, -0.25) is 9.89 Å². The van der Waals surface area contributed by atoms with Gasteiger partial charge in [-0.2, -0.15) is 5.10 Å². The zero-order valence-corrected chi connectivity index (χ0v) is 14.3. The minimum atomic E-state index is 0.168. The maximum atomic E-state index is 12.6. The Kier molecular flexibility index (Phi) is 4.62. The van der Waals surface area contributed by atoms with Crippen molar-refractivity contribution in [3.05, 3.63) is 51.8 Å². The molecule has 0 bridgehead atoms. The number of nitrogens with zero attached hydrogens (tertiary/aromatic N) is 2. The van der Waals surface area contributed by atoms with Crippen LogP contribution in [0.2, 0.25) is 0 Å². The van der Waals surface area contributed by atoms with Crippen molar-refractivity contribution in [1.82, 2.24) is 15.1 Å². The highest BCUT2D eigenvalue weighted by Crippen LogP contribution is 2.31. The minimum Gasteiger partial charge on any atom is -0.334 e. The van der Waals surface area contributed by atoms with Crippen molar-refractivity contribution in [2.75, 3.05) is 6.54 Å². The van der Waals surface area contributed by atoms with Crippen LogP contribution in [0.1, 0.15) is 42.1 Å².